The van der Waals surface area contributed by atoms with Crippen LogP contribution in [-0.2, 0) is 9.53 Å². The van der Waals surface area contributed by atoms with Gasteiger partial charge in [-0.15, -0.1) is 0 Å². The van der Waals surface area contributed by atoms with Crippen molar-refractivity contribution >= 4 is 5.97 Å². The van der Waals surface area contributed by atoms with E-state index in [-0.39, 0.29) is 12.1 Å². The summed E-state index contributed by atoms with van der Waals surface area (Å²) >= 11 is 0. The van der Waals surface area contributed by atoms with Gasteiger partial charge in [0.15, 0.2) is 0 Å². The molecule has 2 atom stereocenters. The van der Waals surface area contributed by atoms with Crippen molar-refractivity contribution < 1.29 is 9.53 Å². The van der Waals surface area contributed by atoms with E-state index in [0.717, 1.165) is 12.8 Å². The van der Waals surface area contributed by atoms with Crippen LogP contribution in [0, 0.1) is 0 Å². The lowest BCUT2D eigenvalue weighted by Gasteiger charge is -2.31. The number of ether oxygens (including phenoxy) is 1. The largest absolute Gasteiger partial charge is 0.462 e. The highest BCUT2D eigenvalue weighted by atomic mass is 16.5. The average Bonchev–Trinajstić information content (AvgIpc) is 2.40. The lowest BCUT2D eigenvalue weighted by molar-refractivity contribution is -0.151. The summed E-state index contributed by atoms with van der Waals surface area (Å²) in [5.74, 6) is 0.318. The number of benzene rings is 1. The summed E-state index contributed by atoms with van der Waals surface area (Å²) in [7, 11) is 0. The molecule has 1 aliphatic rings. The van der Waals surface area contributed by atoms with Gasteiger partial charge in [-0.3, -0.25) is 4.79 Å². The monoisotopic (exact) mass is 232 g/mol. The number of carbonyl (C=O) groups is 1. The van der Waals surface area contributed by atoms with E-state index in [2.05, 4.69) is 24.3 Å². The topological polar surface area (TPSA) is 26.3 Å². The first kappa shape index (κ1) is 12.2. The molecular weight excluding hydrogens is 212 g/mol. The van der Waals surface area contributed by atoms with Crippen LogP contribution in [0.25, 0.3) is 0 Å². The van der Waals surface area contributed by atoms with Gasteiger partial charge in [0.1, 0.15) is 6.10 Å². The van der Waals surface area contributed by atoms with Crippen molar-refractivity contribution in [2.45, 2.75) is 51.0 Å². The molecule has 17 heavy (non-hydrogen) atoms. The Bertz CT molecular complexity index is 358. The van der Waals surface area contributed by atoms with Crippen LogP contribution in [0.2, 0.25) is 0 Å². The fraction of sp³-hybridized carbons (Fsp3) is 0.533. The van der Waals surface area contributed by atoms with E-state index in [1.54, 1.807) is 0 Å². The first-order valence-electron chi connectivity index (χ1n) is 6.55. The lowest BCUT2D eigenvalue weighted by Crippen LogP contribution is -2.28. The molecule has 1 saturated carbocycles. The summed E-state index contributed by atoms with van der Waals surface area (Å²) in [6, 6.07) is 10.4. The quantitative estimate of drug-likeness (QED) is 0.743. The Balaban J connectivity index is 2.09. The number of esters is 1. The number of hydrogen-bond acceptors (Lipinski definition) is 2. The summed E-state index contributed by atoms with van der Waals surface area (Å²) < 4.78 is 5.57. The van der Waals surface area contributed by atoms with Gasteiger partial charge >= 0.3 is 5.97 Å². The third kappa shape index (κ3) is 3.09. The van der Waals surface area contributed by atoms with E-state index < -0.39 is 0 Å². The highest BCUT2D eigenvalue weighted by Crippen LogP contribution is 2.35. The molecule has 2 rings (SSSR count). The summed E-state index contributed by atoms with van der Waals surface area (Å²) in [4.78, 5) is 11.4. The van der Waals surface area contributed by atoms with Crippen LogP contribution in [0.1, 0.15) is 50.5 Å². The van der Waals surface area contributed by atoms with Gasteiger partial charge in [-0.05, 0) is 24.8 Å². The van der Waals surface area contributed by atoms with Crippen molar-refractivity contribution in [1.82, 2.24) is 0 Å². The van der Waals surface area contributed by atoms with Crippen molar-refractivity contribution in [3.8, 4) is 0 Å². The molecule has 0 N–H and O–H groups in total. The number of carbonyl (C=O) groups excluding carboxylic acids is 1. The lowest BCUT2D eigenvalue weighted by atomic mass is 9.81. The molecule has 0 saturated heterocycles. The Morgan fingerprint density at radius 1 is 1.24 bits per heavy atom. The van der Waals surface area contributed by atoms with Crippen molar-refractivity contribution in [1.29, 1.82) is 0 Å². The van der Waals surface area contributed by atoms with E-state index in [9.17, 15) is 4.79 Å². The van der Waals surface area contributed by atoms with Crippen LogP contribution < -0.4 is 0 Å². The van der Waals surface area contributed by atoms with E-state index in [1.807, 2.05) is 13.0 Å². The van der Waals surface area contributed by atoms with E-state index >= 15 is 0 Å². The fourth-order valence-electron chi connectivity index (χ4n) is 2.57. The summed E-state index contributed by atoms with van der Waals surface area (Å²) in [6.07, 6.45) is 5.10. The van der Waals surface area contributed by atoms with Gasteiger partial charge in [0.05, 0.1) is 0 Å². The number of rotatable bonds is 3. The average molecular weight is 232 g/mol. The zero-order valence-corrected chi connectivity index (χ0v) is 10.4. The van der Waals surface area contributed by atoms with Crippen molar-refractivity contribution in [3.05, 3.63) is 35.9 Å². The van der Waals surface area contributed by atoms with Crippen molar-refractivity contribution in [2.24, 2.45) is 0 Å². The first-order valence-corrected chi connectivity index (χ1v) is 6.55. The predicted molar refractivity (Wildman–Crippen MR) is 67.8 cm³/mol. The Hall–Kier alpha value is -1.31. The molecule has 1 aliphatic carbocycles. The maximum Gasteiger partial charge on any atom is 0.305 e. The summed E-state index contributed by atoms with van der Waals surface area (Å²) in [5, 5.41) is 0. The standard InChI is InChI=1S/C15H20O2/c1-2-15(16)17-14-11-7-6-10-13(14)12-8-4-3-5-9-12/h3-5,8-9,13-14H,2,6-7,10-11H2,1H3/t13-,14+/m0/s1. The molecule has 0 aromatic heterocycles. The molecule has 0 amide bonds. The molecule has 1 aromatic carbocycles. The Morgan fingerprint density at radius 3 is 2.65 bits per heavy atom. The Kier molecular flexibility index (Phi) is 4.18. The van der Waals surface area contributed by atoms with Gasteiger partial charge in [0.25, 0.3) is 0 Å². The second kappa shape index (κ2) is 5.85. The van der Waals surface area contributed by atoms with E-state index in [1.165, 1.54) is 18.4 Å². The van der Waals surface area contributed by atoms with Gasteiger partial charge in [-0.25, -0.2) is 0 Å². The molecule has 1 aromatic rings. The van der Waals surface area contributed by atoms with Gasteiger partial charge in [-0.2, -0.15) is 0 Å². The van der Waals surface area contributed by atoms with E-state index in [0.29, 0.717) is 12.3 Å². The van der Waals surface area contributed by atoms with Gasteiger partial charge in [0.2, 0.25) is 0 Å². The highest BCUT2D eigenvalue weighted by molar-refractivity contribution is 5.69. The molecule has 0 spiro atoms. The maximum absolute atomic E-state index is 11.4. The zero-order chi connectivity index (χ0) is 12.1. The molecule has 0 aliphatic heterocycles. The molecule has 92 valence electrons. The molecule has 0 unspecified atom stereocenters. The molecule has 0 radical (unpaired) electrons. The third-order valence-electron chi connectivity index (χ3n) is 3.50. The molecule has 2 heteroatoms. The van der Waals surface area contributed by atoms with Crippen molar-refractivity contribution in [3.63, 3.8) is 0 Å². The molecule has 0 heterocycles. The van der Waals surface area contributed by atoms with Crippen LogP contribution in [0.15, 0.2) is 30.3 Å². The van der Waals surface area contributed by atoms with Gasteiger partial charge in [-0.1, -0.05) is 43.7 Å². The number of hydrogen-bond donors (Lipinski definition) is 0. The SMILES string of the molecule is CCC(=O)O[C@@H]1CCCC[C@H]1c1ccccc1. The summed E-state index contributed by atoms with van der Waals surface area (Å²) in [5.41, 5.74) is 1.31. The van der Waals surface area contributed by atoms with Gasteiger partial charge < -0.3 is 4.74 Å². The van der Waals surface area contributed by atoms with Crippen LogP contribution in [0.5, 0.6) is 0 Å². The van der Waals surface area contributed by atoms with Crippen LogP contribution >= 0.6 is 0 Å². The molecule has 1 fully saturated rings. The third-order valence-corrected chi connectivity index (χ3v) is 3.50. The Labute approximate surface area is 103 Å². The van der Waals surface area contributed by atoms with Crippen LogP contribution in [0.4, 0.5) is 0 Å². The molecule has 0 bridgehead atoms. The van der Waals surface area contributed by atoms with Gasteiger partial charge in [0, 0.05) is 12.3 Å². The van der Waals surface area contributed by atoms with Crippen molar-refractivity contribution in [2.75, 3.05) is 0 Å². The predicted octanol–water partition coefficient (Wildman–Crippen LogP) is 3.67. The zero-order valence-electron chi connectivity index (χ0n) is 10.4. The Morgan fingerprint density at radius 2 is 1.94 bits per heavy atom. The minimum atomic E-state index is -0.0715. The molecular formula is C15H20O2. The van der Waals surface area contributed by atoms with Crippen LogP contribution in [0.3, 0.4) is 0 Å². The fourth-order valence-corrected chi connectivity index (χ4v) is 2.57. The second-order valence-electron chi connectivity index (χ2n) is 4.68. The minimum absolute atomic E-state index is 0.0715. The highest BCUT2D eigenvalue weighted by Gasteiger charge is 2.28. The molecule has 2 nitrogen and oxygen atoms in total. The van der Waals surface area contributed by atoms with Crippen LogP contribution in [-0.4, -0.2) is 12.1 Å². The minimum Gasteiger partial charge on any atom is -0.462 e. The summed E-state index contributed by atoms with van der Waals surface area (Å²) in [6.45, 7) is 1.85. The normalized spacial score (nSPS) is 24.3. The second-order valence-corrected chi connectivity index (χ2v) is 4.68. The maximum atomic E-state index is 11.4. The smallest absolute Gasteiger partial charge is 0.305 e. The van der Waals surface area contributed by atoms with E-state index in [4.69, 9.17) is 4.74 Å². The first-order chi connectivity index (χ1) is 8.31.